The predicted molar refractivity (Wildman–Crippen MR) is 294 cm³/mol. The fraction of sp³-hybridized carbons (Fsp3) is 0.711. The molecule has 0 aromatic rings. The van der Waals surface area contributed by atoms with Crippen LogP contribution in [-0.4, -0.2) is 192 Å². The van der Waals surface area contributed by atoms with Crippen molar-refractivity contribution >= 4 is 88.9 Å². The Morgan fingerprint density at radius 3 is 1.33 bits per heavy atom. The minimum atomic E-state index is -1.36. The van der Waals surface area contributed by atoms with Crippen LogP contribution in [0.3, 0.4) is 0 Å². The molecule has 0 spiro atoms. The highest BCUT2D eigenvalue weighted by Gasteiger charge is 2.40. The van der Waals surface area contributed by atoms with Crippen molar-refractivity contribution in [3.8, 4) is 0 Å². The Morgan fingerprint density at radius 1 is 0.526 bits per heavy atom. The minimum Gasteiger partial charge on any atom is -0.481 e. The minimum absolute atomic E-state index is 0.0262. The normalized spacial score (nSPS) is 15.5. The van der Waals surface area contributed by atoms with Crippen molar-refractivity contribution in [2.75, 3.05) is 51.3 Å². The fourth-order valence-electron chi connectivity index (χ4n) is 7.88. The van der Waals surface area contributed by atoms with Crippen molar-refractivity contribution in [3.05, 3.63) is 0 Å². The first-order valence-corrected chi connectivity index (χ1v) is 27.0. The number of nitrogens with one attached hydrogen (secondary N) is 6. The molecule has 0 aromatic heterocycles. The Labute approximate surface area is 457 Å². The molecule has 0 aliphatic carbocycles. The highest BCUT2D eigenvalue weighted by Crippen LogP contribution is 2.21. The maximum Gasteiger partial charge on any atom is 0.326 e. The van der Waals surface area contributed by atoms with E-state index < -0.39 is 108 Å². The second-order valence-corrected chi connectivity index (χ2v) is 19.3. The molecular weight excluding hydrogens is 1040 g/mol. The number of hydrogen-bond acceptors (Lipinski definition) is 16. The maximum atomic E-state index is 14.7. The molecule has 1 aliphatic heterocycles. The van der Waals surface area contributed by atoms with Gasteiger partial charge in [0.25, 0.3) is 0 Å². The summed E-state index contributed by atoms with van der Waals surface area (Å²) in [6.45, 7) is 0.596. The van der Waals surface area contributed by atoms with Gasteiger partial charge in [-0.15, -0.1) is 0 Å². The number of carboxylic acid groups (broad SMARTS) is 2. The van der Waals surface area contributed by atoms with Gasteiger partial charge in [0.1, 0.15) is 42.3 Å². The van der Waals surface area contributed by atoms with Gasteiger partial charge in [0.05, 0.1) is 6.04 Å². The average molecular weight is 1130 g/mol. The van der Waals surface area contributed by atoms with Gasteiger partial charge in [-0.05, 0) is 115 Å². The van der Waals surface area contributed by atoms with E-state index in [9.17, 15) is 48.3 Å². The summed E-state index contributed by atoms with van der Waals surface area (Å²) in [4.78, 5) is 138. The van der Waals surface area contributed by atoms with Gasteiger partial charge in [0, 0.05) is 39.1 Å². The van der Waals surface area contributed by atoms with Crippen LogP contribution in [0, 0.1) is 0 Å². The number of nitrogens with zero attached hydrogens (tertiary/aromatic N) is 5. The second-order valence-electron chi connectivity index (χ2n) is 18.3. The topological polar surface area (TPSA) is 579 Å². The standard InChI is InChI=1S/C45H85N21O11S/c1-78-24-17-29(62-35(70)27(10-4-19-56-42(48)49)60-34(69)25(47)15-16-33(67)68)38(73)64-30(12-6-21-58-44(52)53)40(75)66-23-8-14-32(66)39(74)63-28(11-5-20-57-43(50)51)36(71)61-26(9-2-3-18-46)37(72)65-31(41(76)77)13-7-22-59-45(54)55/h25-32H,2-24,46-47H2,1H3,(H,60,69)(H,61,71)(H,62,70)(H,63,74)(H,64,73)(H,65,72)(H,67,68)(H,76,77)(H4,48,49,56)(H4,50,51,57)(H4,52,53,58)(H4,54,55,59)/t25-,26-,27-,28-,29-,30-,31-,32-/m0/s1. The summed E-state index contributed by atoms with van der Waals surface area (Å²) in [6, 6.07) is -10.3. The van der Waals surface area contributed by atoms with E-state index in [-0.39, 0.29) is 140 Å². The number of hydrogen-bond donors (Lipinski definition) is 18. The van der Waals surface area contributed by atoms with Gasteiger partial charge < -0.3 is 104 Å². The van der Waals surface area contributed by atoms with Crippen LogP contribution in [-0.2, 0) is 43.2 Å². The number of amides is 7. The molecule has 1 fully saturated rings. The van der Waals surface area contributed by atoms with Crippen LogP contribution in [0.25, 0.3) is 0 Å². The predicted octanol–water partition coefficient (Wildman–Crippen LogP) is -6.74. The van der Waals surface area contributed by atoms with Gasteiger partial charge in [-0.3, -0.25) is 58.3 Å². The second kappa shape index (κ2) is 38.2. The number of carbonyl (C=O) groups excluding carboxylic acids is 7. The summed E-state index contributed by atoms with van der Waals surface area (Å²) in [5.74, 6) is -8.46. The Bertz CT molecular complexity index is 2080. The number of nitrogens with two attached hydrogens (primary N) is 10. The zero-order chi connectivity index (χ0) is 58.7. The van der Waals surface area contributed by atoms with E-state index in [1.54, 1.807) is 6.26 Å². The van der Waals surface area contributed by atoms with Crippen LogP contribution >= 0.6 is 11.8 Å². The number of carbonyl (C=O) groups is 9. The molecule has 32 nitrogen and oxygen atoms in total. The molecule has 0 radical (unpaired) electrons. The first-order valence-electron chi connectivity index (χ1n) is 25.7. The number of aliphatic carboxylic acids is 2. The van der Waals surface area contributed by atoms with Crippen LogP contribution in [0.1, 0.15) is 103 Å². The first-order chi connectivity index (χ1) is 36.9. The molecular formula is C45H85N21O11S. The van der Waals surface area contributed by atoms with Crippen LogP contribution in [0.4, 0.5) is 0 Å². The Morgan fingerprint density at radius 2 is 0.910 bits per heavy atom. The van der Waals surface area contributed by atoms with E-state index in [0.29, 0.717) is 25.0 Å². The lowest BCUT2D eigenvalue weighted by atomic mass is 10.0. The third-order valence-corrected chi connectivity index (χ3v) is 12.6. The first kappa shape index (κ1) is 68.6. The molecule has 442 valence electrons. The Hall–Kier alpha value is -7.42. The highest BCUT2D eigenvalue weighted by molar-refractivity contribution is 7.98. The SMILES string of the molecule is CSCC[C@H](NC(=O)[C@H](CCCN=C(N)N)NC(=O)[C@@H](N)CCC(=O)O)C(=O)N[C@@H](CCCN=C(N)N)C(=O)N1CCC[C@H]1C(=O)N[C@@H](CCCN=C(N)N)C(=O)N[C@@H](CCCCN)C(=O)N[C@@H](CCCN=C(N)N)C(=O)O. The molecule has 0 aromatic carbocycles. The van der Waals surface area contributed by atoms with Gasteiger partial charge in [-0.2, -0.15) is 11.8 Å². The largest absolute Gasteiger partial charge is 0.481 e. The molecule has 1 rings (SSSR count). The Kier molecular flexibility index (Phi) is 33.6. The Balaban J connectivity index is 3.57. The molecule has 8 atom stereocenters. The van der Waals surface area contributed by atoms with Gasteiger partial charge in [0.15, 0.2) is 23.8 Å². The van der Waals surface area contributed by atoms with Crippen LogP contribution in [0.15, 0.2) is 20.0 Å². The monoisotopic (exact) mass is 1130 g/mol. The quantitative estimate of drug-likeness (QED) is 0.0154. The summed E-state index contributed by atoms with van der Waals surface area (Å²) >= 11 is 1.36. The van der Waals surface area contributed by atoms with Crippen LogP contribution in [0.5, 0.6) is 0 Å². The number of thioether (sulfide) groups is 1. The number of rotatable bonds is 40. The van der Waals surface area contributed by atoms with Gasteiger partial charge in [0.2, 0.25) is 41.4 Å². The fourth-order valence-corrected chi connectivity index (χ4v) is 8.35. The number of aliphatic imine (C=N–C) groups is 4. The molecule has 28 N–H and O–H groups in total. The van der Waals surface area contributed by atoms with Crippen molar-refractivity contribution in [1.29, 1.82) is 0 Å². The smallest absolute Gasteiger partial charge is 0.326 e. The van der Waals surface area contributed by atoms with E-state index in [4.69, 9.17) is 62.4 Å². The van der Waals surface area contributed by atoms with E-state index >= 15 is 0 Å². The molecule has 7 amide bonds. The zero-order valence-corrected chi connectivity index (χ0v) is 45.2. The van der Waals surface area contributed by atoms with Crippen molar-refractivity contribution in [3.63, 3.8) is 0 Å². The van der Waals surface area contributed by atoms with Gasteiger partial charge >= 0.3 is 11.9 Å². The zero-order valence-electron chi connectivity index (χ0n) is 44.4. The summed E-state index contributed by atoms with van der Waals surface area (Å²) in [7, 11) is 0. The van der Waals surface area contributed by atoms with E-state index in [2.05, 4.69) is 51.9 Å². The van der Waals surface area contributed by atoms with Crippen LogP contribution in [0.2, 0.25) is 0 Å². The molecule has 1 heterocycles. The molecule has 78 heavy (non-hydrogen) atoms. The lowest BCUT2D eigenvalue weighted by Gasteiger charge is -2.31. The summed E-state index contributed by atoms with van der Waals surface area (Å²) < 4.78 is 0. The average Bonchev–Trinajstić information content (AvgIpc) is 3.87. The molecule has 0 bridgehead atoms. The summed E-state index contributed by atoms with van der Waals surface area (Å²) in [5, 5.41) is 34.7. The number of carboxylic acids is 2. The maximum absolute atomic E-state index is 14.7. The molecule has 1 aliphatic rings. The van der Waals surface area contributed by atoms with Crippen molar-refractivity contribution in [2.24, 2.45) is 77.3 Å². The number of likely N-dealkylation sites (tertiary alicyclic amines) is 1. The van der Waals surface area contributed by atoms with E-state index in [1.807, 2.05) is 0 Å². The molecule has 1 saturated heterocycles. The molecule has 0 unspecified atom stereocenters. The molecule has 0 saturated carbocycles. The van der Waals surface area contributed by atoms with Crippen molar-refractivity contribution < 1.29 is 53.4 Å². The number of unbranched alkanes of at least 4 members (excludes halogenated alkanes) is 1. The lowest BCUT2D eigenvalue weighted by molar-refractivity contribution is -0.143. The van der Waals surface area contributed by atoms with Gasteiger partial charge in [-0.25, -0.2) is 4.79 Å². The van der Waals surface area contributed by atoms with E-state index in [0.717, 1.165) is 0 Å². The third-order valence-electron chi connectivity index (χ3n) is 11.9. The van der Waals surface area contributed by atoms with E-state index in [1.165, 1.54) is 16.7 Å². The number of guanidine groups is 4. The summed E-state index contributed by atoms with van der Waals surface area (Å²) in [5.41, 5.74) is 55.4. The molecule has 33 heteroatoms. The van der Waals surface area contributed by atoms with Gasteiger partial charge in [-0.1, -0.05) is 0 Å². The highest BCUT2D eigenvalue weighted by atomic mass is 32.2. The lowest BCUT2D eigenvalue weighted by Crippen LogP contribution is -2.60. The third kappa shape index (κ3) is 28.6. The van der Waals surface area contributed by atoms with Crippen molar-refractivity contribution in [1.82, 2.24) is 36.8 Å². The van der Waals surface area contributed by atoms with Crippen LogP contribution < -0.4 is 89.2 Å². The summed E-state index contributed by atoms with van der Waals surface area (Å²) in [6.07, 6.45) is 3.08. The van der Waals surface area contributed by atoms with Crippen molar-refractivity contribution in [2.45, 2.75) is 151 Å².